The first kappa shape index (κ1) is 17.7. The lowest BCUT2D eigenvalue weighted by Gasteiger charge is -2.34. The summed E-state index contributed by atoms with van der Waals surface area (Å²) in [5.74, 6) is -0.866. The minimum absolute atomic E-state index is 0.0683. The van der Waals surface area contributed by atoms with Crippen molar-refractivity contribution < 1.29 is 26.3 Å². The van der Waals surface area contributed by atoms with Gasteiger partial charge in [0.2, 0.25) is 9.84 Å². The highest BCUT2D eigenvalue weighted by molar-refractivity contribution is 7.92. The maximum atomic E-state index is 12.2. The van der Waals surface area contributed by atoms with E-state index in [9.17, 15) is 21.6 Å². The van der Waals surface area contributed by atoms with E-state index in [-0.39, 0.29) is 6.54 Å². The van der Waals surface area contributed by atoms with Gasteiger partial charge in [0.1, 0.15) is 0 Å². The Balaban J connectivity index is 2.26. The quantitative estimate of drug-likeness (QED) is 0.643. The van der Waals surface area contributed by atoms with Crippen molar-refractivity contribution in [3.05, 3.63) is 0 Å². The van der Waals surface area contributed by atoms with E-state index in [4.69, 9.17) is 4.74 Å². The number of hydrogen-bond donors (Lipinski definition) is 0. The van der Waals surface area contributed by atoms with E-state index in [0.717, 1.165) is 19.6 Å². The maximum Gasteiger partial charge on any atom is 0.497 e. The van der Waals surface area contributed by atoms with E-state index in [1.807, 2.05) is 6.92 Å². The van der Waals surface area contributed by atoms with Gasteiger partial charge in [-0.1, -0.05) is 0 Å². The van der Waals surface area contributed by atoms with Crippen LogP contribution in [0.1, 0.15) is 6.92 Å². The molecule has 0 aromatic rings. The molecule has 0 atom stereocenters. The molecule has 1 fully saturated rings. The molecule has 0 bridgehead atoms. The molecule has 0 aromatic carbocycles. The number of nitrogens with zero attached hydrogens (tertiary/aromatic N) is 2. The molecule has 1 aliphatic heterocycles. The summed E-state index contributed by atoms with van der Waals surface area (Å²) in [4.78, 5) is 3.91. The van der Waals surface area contributed by atoms with Crippen LogP contribution in [0.25, 0.3) is 0 Å². The molecule has 20 heavy (non-hydrogen) atoms. The van der Waals surface area contributed by atoms with Gasteiger partial charge in [-0.05, 0) is 6.92 Å². The monoisotopic (exact) mass is 318 g/mol. The summed E-state index contributed by atoms with van der Waals surface area (Å²) >= 11 is 0. The van der Waals surface area contributed by atoms with Crippen LogP contribution in [0.5, 0.6) is 0 Å². The zero-order valence-electron chi connectivity index (χ0n) is 11.5. The van der Waals surface area contributed by atoms with Crippen LogP contribution in [0, 0.1) is 0 Å². The van der Waals surface area contributed by atoms with E-state index in [2.05, 4.69) is 4.90 Å². The van der Waals surface area contributed by atoms with Crippen LogP contribution >= 0.6 is 0 Å². The molecule has 0 amide bonds. The van der Waals surface area contributed by atoms with Crippen LogP contribution in [0.15, 0.2) is 0 Å². The Hall–Kier alpha value is -0.380. The molecular formula is C11H21F3N2O3S. The van der Waals surface area contributed by atoms with E-state index in [1.54, 1.807) is 4.90 Å². The summed E-state index contributed by atoms with van der Waals surface area (Å²) in [7, 11) is -5.00. The number of alkyl halides is 3. The molecule has 1 heterocycles. The number of piperazine rings is 1. The Bertz CT molecular complexity index is 379. The summed E-state index contributed by atoms with van der Waals surface area (Å²) in [6, 6.07) is 0. The third kappa shape index (κ3) is 5.55. The van der Waals surface area contributed by atoms with Gasteiger partial charge in [-0.3, -0.25) is 9.80 Å². The number of sulfone groups is 1. The Morgan fingerprint density at radius 3 is 2.00 bits per heavy atom. The summed E-state index contributed by atoms with van der Waals surface area (Å²) in [5, 5.41) is 0. The SMILES string of the molecule is CCOCCN1CCN(CCS(=O)(=O)C(F)(F)F)CC1. The fraction of sp³-hybridized carbons (Fsp3) is 1.00. The molecule has 1 rings (SSSR count). The highest BCUT2D eigenvalue weighted by Crippen LogP contribution is 2.23. The van der Waals surface area contributed by atoms with Crippen molar-refractivity contribution in [1.29, 1.82) is 0 Å². The molecule has 0 radical (unpaired) electrons. The topological polar surface area (TPSA) is 49.9 Å². The normalized spacial score (nSPS) is 19.4. The largest absolute Gasteiger partial charge is 0.497 e. The molecule has 9 heteroatoms. The van der Waals surface area contributed by atoms with Gasteiger partial charge in [0, 0.05) is 45.9 Å². The van der Waals surface area contributed by atoms with E-state index in [0.29, 0.717) is 26.3 Å². The van der Waals surface area contributed by atoms with Gasteiger partial charge in [-0.2, -0.15) is 13.2 Å². The van der Waals surface area contributed by atoms with E-state index >= 15 is 0 Å². The highest BCUT2D eigenvalue weighted by atomic mass is 32.2. The van der Waals surface area contributed by atoms with Crippen molar-refractivity contribution in [2.45, 2.75) is 12.4 Å². The maximum absolute atomic E-state index is 12.2. The average molecular weight is 318 g/mol. The molecule has 0 aliphatic carbocycles. The van der Waals surface area contributed by atoms with Gasteiger partial charge in [-0.25, -0.2) is 8.42 Å². The lowest BCUT2D eigenvalue weighted by molar-refractivity contribution is -0.0437. The number of halogens is 3. The molecule has 1 aliphatic rings. The summed E-state index contributed by atoms with van der Waals surface area (Å²) in [6.45, 7) is 6.55. The second-order valence-corrected chi connectivity index (χ2v) is 6.75. The Labute approximate surface area is 117 Å². The zero-order valence-corrected chi connectivity index (χ0v) is 12.3. The number of rotatable bonds is 7. The summed E-state index contributed by atoms with van der Waals surface area (Å²) < 4.78 is 63.7. The van der Waals surface area contributed by atoms with Gasteiger partial charge >= 0.3 is 5.51 Å². The molecule has 120 valence electrons. The van der Waals surface area contributed by atoms with Crippen LogP contribution in [-0.4, -0.2) is 82.0 Å². The van der Waals surface area contributed by atoms with Crippen LogP contribution in [0.4, 0.5) is 13.2 Å². The first-order valence-corrected chi connectivity index (χ1v) is 8.23. The van der Waals surface area contributed by atoms with Crippen LogP contribution < -0.4 is 0 Å². The third-order valence-electron chi connectivity index (χ3n) is 3.25. The van der Waals surface area contributed by atoms with Crippen molar-refractivity contribution >= 4 is 9.84 Å². The Morgan fingerprint density at radius 1 is 1.05 bits per heavy atom. The first-order valence-electron chi connectivity index (χ1n) is 6.57. The number of hydrogen-bond acceptors (Lipinski definition) is 5. The molecule has 0 saturated carbocycles. The molecule has 1 saturated heterocycles. The molecule has 0 N–H and O–H groups in total. The fourth-order valence-corrected chi connectivity index (χ4v) is 2.67. The van der Waals surface area contributed by atoms with Gasteiger partial charge < -0.3 is 4.74 Å². The lowest BCUT2D eigenvalue weighted by Crippen LogP contribution is -2.48. The summed E-state index contributed by atoms with van der Waals surface area (Å²) in [6.07, 6.45) is 0. The Morgan fingerprint density at radius 2 is 1.55 bits per heavy atom. The highest BCUT2D eigenvalue weighted by Gasteiger charge is 2.45. The smallest absolute Gasteiger partial charge is 0.380 e. The van der Waals surface area contributed by atoms with E-state index < -0.39 is 21.1 Å². The predicted molar refractivity (Wildman–Crippen MR) is 69.2 cm³/mol. The van der Waals surface area contributed by atoms with Crippen molar-refractivity contribution in [3.63, 3.8) is 0 Å². The van der Waals surface area contributed by atoms with Gasteiger partial charge in [-0.15, -0.1) is 0 Å². The van der Waals surface area contributed by atoms with Crippen molar-refractivity contribution in [3.8, 4) is 0 Å². The molecular weight excluding hydrogens is 297 g/mol. The van der Waals surface area contributed by atoms with Crippen molar-refractivity contribution in [2.24, 2.45) is 0 Å². The molecule has 5 nitrogen and oxygen atoms in total. The number of ether oxygens (including phenoxy) is 1. The molecule has 0 unspecified atom stereocenters. The predicted octanol–water partition coefficient (Wildman–Crippen LogP) is 0.575. The van der Waals surface area contributed by atoms with Crippen LogP contribution in [0.3, 0.4) is 0 Å². The summed E-state index contributed by atoms with van der Waals surface area (Å²) in [5.41, 5.74) is -5.15. The fourth-order valence-electron chi connectivity index (χ4n) is 1.94. The van der Waals surface area contributed by atoms with Gasteiger partial charge in [0.25, 0.3) is 0 Å². The van der Waals surface area contributed by atoms with E-state index in [1.165, 1.54) is 0 Å². The second-order valence-electron chi connectivity index (χ2n) is 4.64. The minimum Gasteiger partial charge on any atom is -0.380 e. The van der Waals surface area contributed by atoms with Gasteiger partial charge in [0.05, 0.1) is 12.4 Å². The van der Waals surface area contributed by atoms with Crippen molar-refractivity contribution in [2.75, 3.05) is 58.2 Å². The lowest BCUT2D eigenvalue weighted by atomic mass is 10.3. The molecule has 0 spiro atoms. The van der Waals surface area contributed by atoms with Gasteiger partial charge in [0.15, 0.2) is 0 Å². The molecule has 0 aromatic heterocycles. The average Bonchev–Trinajstić information content (AvgIpc) is 2.37. The standard InChI is InChI=1S/C11H21F3N2O3S/c1-2-19-9-7-15-3-5-16(6-4-15)8-10-20(17,18)11(12,13)14/h2-10H2,1H3. The zero-order chi connectivity index (χ0) is 15.2. The first-order chi connectivity index (χ1) is 9.26. The van der Waals surface area contributed by atoms with Crippen LogP contribution in [-0.2, 0) is 14.6 Å². The van der Waals surface area contributed by atoms with Crippen LogP contribution in [0.2, 0.25) is 0 Å². The minimum atomic E-state index is -5.15. The Kier molecular flexibility index (Phi) is 6.70. The third-order valence-corrected chi connectivity index (χ3v) is 4.68. The van der Waals surface area contributed by atoms with Crippen molar-refractivity contribution in [1.82, 2.24) is 9.80 Å². The second kappa shape index (κ2) is 7.58.